The highest BCUT2D eigenvalue weighted by atomic mass is 16.5. The van der Waals surface area contributed by atoms with E-state index in [2.05, 4.69) is 5.32 Å². The van der Waals surface area contributed by atoms with Gasteiger partial charge in [0.25, 0.3) is 0 Å². The molecule has 38 heavy (non-hydrogen) atoms. The predicted octanol–water partition coefficient (Wildman–Crippen LogP) is 4.22. The molecule has 2 N–H and O–H groups in total. The van der Waals surface area contributed by atoms with E-state index >= 15 is 0 Å². The highest BCUT2D eigenvalue weighted by Crippen LogP contribution is 2.30. The summed E-state index contributed by atoms with van der Waals surface area (Å²) in [5.41, 5.74) is 2.51. The largest absolute Gasteiger partial charge is 0.488 e. The van der Waals surface area contributed by atoms with E-state index in [1.165, 1.54) is 0 Å². The normalized spacial score (nSPS) is 18.5. The van der Waals surface area contributed by atoms with Crippen molar-refractivity contribution < 1.29 is 19.4 Å². The Hall–Kier alpha value is -3.78. The number of carbonyl (C=O) groups excluding carboxylic acids is 2. The van der Waals surface area contributed by atoms with Gasteiger partial charge in [-0.1, -0.05) is 43.3 Å². The van der Waals surface area contributed by atoms with Crippen LogP contribution in [-0.4, -0.2) is 79.8 Å². The van der Waals surface area contributed by atoms with Crippen LogP contribution >= 0.6 is 0 Å². The first-order valence-corrected chi connectivity index (χ1v) is 13.0. The zero-order chi connectivity index (χ0) is 27.4. The molecule has 0 saturated heterocycles. The van der Waals surface area contributed by atoms with Crippen LogP contribution in [-0.2, 0) is 11.2 Å². The van der Waals surface area contributed by atoms with Crippen molar-refractivity contribution in [3.63, 3.8) is 0 Å². The molecule has 8 nitrogen and oxygen atoms in total. The first-order chi connectivity index (χ1) is 18.2. The molecule has 3 amide bonds. The van der Waals surface area contributed by atoms with E-state index in [1.54, 1.807) is 16.8 Å². The summed E-state index contributed by atoms with van der Waals surface area (Å²) in [6, 6.07) is 19.0. The van der Waals surface area contributed by atoms with Crippen LogP contribution in [0.4, 0.5) is 16.2 Å². The number of likely N-dealkylation sites (N-methyl/N-ethyl adjacent to an activating group) is 1. The van der Waals surface area contributed by atoms with Crippen molar-refractivity contribution in [1.29, 1.82) is 0 Å². The van der Waals surface area contributed by atoms with Gasteiger partial charge >= 0.3 is 6.03 Å². The van der Waals surface area contributed by atoms with Crippen LogP contribution in [0.15, 0.2) is 60.7 Å². The van der Waals surface area contributed by atoms with Crippen molar-refractivity contribution in [2.75, 3.05) is 51.1 Å². The van der Waals surface area contributed by atoms with Gasteiger partial charge in [0.15, 0.2) is 0 Å². The van der Waals surface area contributed by atoms with Crippen molar-refractivity contribution in [3.8, 4) is 5.75 Å². The van der Waals surface area contributed by atoms with E-state index in [9.17, 15) is 14.7 Å². The lowest BCUT2D eigenvalue weighted by molar-refractivity contribution is -0.134. The topological polar surface area (TPSA) is 85.4 Å². The average Bonchev–Trinajstić information content (AvgIpc) is 2.95. The molecule has 3 aromatic rings. The number of nitrogens with one attached hydrogen (secondary N) is 1. The minimum atomic E-state index is -0.374. The van der Waals surface area contributed by atoms with Gasteiger partial charge in [-0.15, -0.1) is 0 Å². The molecule has 3 aromatic carbocycles. The zero-order valence-corrected chi connectivity index (χ0v) is 22.8. The standard InChI is InChI=1S/C30H38N4O4/c1-20-17-34(21(2)19-35)29(36)16-23-15-24(32(3)4)13-14-27(23)38-28(20)18-33(5)30(37)31-26-12-8-10-22-9-6-7-11-25(22)26/h6-15,20-21,28,35H,16-19H2,1-5H3,(H,31,37)/t20-,21-,28+/m1/s1. The monoisotopic (exact) mass is 518 g/mol. The number of carbonyl (C=O) groups is 2. The first-order valence-electron chi connectivity index (χ1n) is 13.0. The van der Waals surface area contributed by atoms with Gasteiger partial charge in [0.2, 0.25) is 5.91 Å². The maximum Gasteiger partial charge on any atom is 0.321 e. The van der Waals surface area contributed by atoms with Gasteiger partial charge in [0.05, 0.1) is 31.3 Å². The number of hydrogen-bond donors (Lipinski definition) is 2. The fourth-order valence-corrected chi connectivity index (χ4v) is 4.81. The minimum absolute atomic E-state index is 0.0538. The lowest BCUT2D eigenvalue weighted by Gasteiger charge is -2.34. The van der Waals surface area contributed by atoms with Gasteiger partial charge in [0, 0.05) is 50.2 Å². The average molecular weight is 519 g/mol. The summed E-state index contributed by atoms with van der Waals surface area (Å²) in [6.07, 6.45) is -0.195. The molecule has 0 aromatic heterocycles. The van der Waals surface area contributed by atoms with Gasteiger partial charge in [-0.05, 0) is 36.6 Å². The molecule has 0 fully saturated rings. The third-order valence-corrected chi connectivity index (χ3v) is 7.25. The number of ether oxygens (including phenoxy) is 1. The van der Waals surface area contributed by atoms with Crippen molar-refractivity contribution >= 4 is 34.1 Å². The molecular weight excluding hydrogens is 480 g/mol. The van der Waals surface area contributed by atoms with E-state index in [1.807, 2.05) is 93.5 Å². The van der Waals surface area contributed by atoms with Crippen LogP contribution in [0.1, 0.15) is 19.4 Å². The van der Waals surface area contributed by atoms with Crippen molar-refractivity contribution in [2.24, 2.45) is 5.92 Å². The number of hydrogen-bond acceptors (Lipinski definition) is 5. The Kier molecular flexibility index (Phi) is 8.42. The molecule has 1 heterocycles. The van der Waals surface area contributed by atoms with E-state index in [4.69, 9.17) is 4.74 Å². The van der Waals surface area contributed by atoms with Crippen molar-refractivity contribution in [1.82, 2.24) is 9.80 Å². The number of aliphatic hydroxyl groups excluding tert-OH is 1. The van der Waals surface area contributed by atoms with Gasteiger partial charge in [0.1, 0.15) is 11.9 Å². The van der Waals surface area contributed by atoms with Crippen molar-refractivity contribution in [2.45, 2.75) is 32.4 Å². The van der Waals surface area contributed by atoms with Crippen LogP contribution in [0.25, 0.3) is 10.8 Å². The highest BCUT2D eigenvalue weighted by Gasteiger charge is 2.32. The molecule has 0 unspecified atom stereocenters. The Balaban J connectivity index is 1.59. The molecule has 0 radical (unpaired) electrons. The molecule has 4 rings (SSSR count). The molecule has 0 spiro atoms. The zero-order valence-electron chi connectivity index (χ0n) is 22.8. The molecule has 202 valence electrons. The van der Waals surface area contributed by atoms with Crippen LogP contribution in [0.3, 0.4) is 0 Å². The molecule has 1 aliphatic heterocycles. The Morgan fingerprint density at radius 2 is 1.87 bits per heavy atom. The second-order valence-corrected chi connectivity index (χ2v) is 10.4. The molecular formula is C30H38N4O4. The summed E-state index contributed by atoms with van der Waals surface area (Å²) in [5, 5.41) is 14.9. The minimum Gasteiger partial charge on any atom is -0.488 e. The summed E-state index contributed by atoms with van der Waals surface area (Å²) in [6.45, 7) is 4.48. The number of anilines is 2. The molecule has 3 atom stereocenters. The van der Waals surface area contributed by atoms with Gasteiger partial charge < -0.3 is 29.9 Å². The number of rotatable bonds is 6. The Morgan fingerprint density at radius 1 is 1.13 bits per heavy atom. The Labute approximate surface area is 224 Å². The van der Waals surface area contributed by atoms with E-state index in [0.29, 0.717) is 18.8 Å². The van der Waals surface area contributed by atoms with Gasteiger partial charge in [-0.25, -0.2) is 4.79 Å². The first kappa shape index (κ1) is 27.3. The molecule has 8 heteroatoms. The summed E-state index contributed by atoms with van der Waals surface area (Å²) < 4.78 is 6.53. The number of amides is 3. The van der Waals surface area contributed by atoms with Gasteiger partial charge in [-0.3, -0.25) is 4.79 Å². The van der Waals surface area contributed by atoms with E-state index < -0.39 is 0 Å². The number of nitrogens with zero attached hydrogens (tertiary/aromatic N) is 3. The maximum absolute atomic E-state index is 13.3. The van der Waals surface area contributed by atoms with Crippen LogP contribution in [0.2, 0.25) is 0 Å². The van der Waals surface area contributed by atoms with Crippen LogP contribution < -0.4 is 15.0 Å². The van der Waals surface area contributed by atoms with Crippen molar-refractivity contribution in [3.05, 3.63) is 66.2 Å². The third-order valence-electron chi connectivity index (χ3n) is 7.25. The predicted molar refractivity (Wildman–Crippen MR) is 152 cm³/mol. The summed E-state index contributed by atoms with van der Waals surface area (Å²) in [7, 11) is 5.65. The number of benzene rings is 3. The maximum atomic E-state index is 13.3. The quantitative estimate of drug-likeness (QED) is 0.511. The summed E-state index contributed by atoms with van der Waals surface area (Å²) >= 11 is 0. The fraction of sp³-hybridized carbons (Fsp3) is 0.400. The molecule has 0 aliphatic carbocycles. The number of fused-ring (bicyclic) bond motifs is 2. The van der Waals surface area contributed by atoms with E-state index in [-0.39, 0.29) is 43.0 Å². The van der Waals surface area contributed by atoms with E-state index in [0.717, 1.165) is 27.7 Å². The Bertz CT molecular complexity index is 1290. The summed E-state index contributed by atoms with van der Waals surface area (Å²) in [4.78, 5) is 31.9. The lowest BCUT2D eigenvalue weighted by atomic mass is 10.0. The Morgan fingerprint density at radius 3 is 2.61 bits per heavy atom. The van der Waals surface area contributed by atoms with Crippen LogP contribution in [0.5, 0.6) is 5.75 Å². The third kappa shape index (κ3) is 6.02. The highest BCUT2D eigenvalue weighted by molar-refractivity contribution is 6.01. The second-order valence-electron chi connectivity index (χ2n) is 10.4. The molecule has 0 saturated carbocycles. The van der Waals surface area contributed by atoms with Gasteiger partial charge in [-0.2, -0.15) is 0 Å². The molecule has 0 bridgehead atoms. The lowest BCUT2D eigenvalue weighted by Crippen LogP contribution is -2.48. The second kappa shape index (κ2) is 11.7. The molecule has 1 aliphatic rings. The smallest absolute Gasteiger partial charge is 0.321 e. The SMILES string of the molecule is C[C@@H]1CN([C@H](C)CO)C(=O)Cc2cc(N(C)C)ccc2O[C@H]1CN(C)C(=O)Nc1cccc2ccccc12. The fourth-order valence-electron chi connectivity index (χ4n) is 4.81. The van der Waals surface area contributed by atoms with Crippen LogP contribution in [0, 0.1) is 5.92 Å². The number of aliphatic hydroxyl groups is 1. The number of urea groups is 1. The summed E-state index contributed by atoms with van der Waals surface area (Å²) in [5.74, 6) is 0.490.